The van der Waals surface area contributed by atoms with Gasteiger partial charge in [0.2, 0.25) is 0 Å². The van der Waals surface area contributed by atoms with Crippen LogP contribution >= 0.6 is 22.9 Å². The van der Waals surface area contributed by atoms with Gasteiger partial charge in [0.1, 0.15) is 16.5 Å². The second kappa shape index (κ2) is 13.5. The molecule has 1 unspecified atom stereocenters. The van der Waals surface area contributed by atoms with Gasteiger partial charge in [-0.1, -0.05) is 96.5 Å². The van der Waals surface area contributed by atoms with Crippen LogP contribution in [0.4, 0.5) is 4.39 Å². The van der Waals surface area contributed by atoms with Crippen molar-refractivity contribution in [1.29, 1.82) is 0 Å². The number of rotatable bonds is 11. The summed E-state index contributed by atoms with van der Waals surface area (Å²) in [7, 11) is 0. The van der Waals surface area contributed by atoms with E-state index in [1.165, 1.54) is 23.5 Å². The van der Waals surface area contributed by atoms with Crippen LogP contribution in [-0.2, 0) is 26.1 Å². The van der Waals surface area contributed by atoms with Gasteiger partial charge in [0.15, 0.2) is 0 Å². The van der Waals surface area contributed by atoms with E-state index in [1.807, 2.05) is 78.2 Å². The fourth-order valence-corrected chi connectivity index (χ4v) is 5.50. The van der Waals surface area contributed by atoms with Crippen LogP contribution in [0.5, 0.6) is 0 Å². The molecular weight excluding hydrogens is 541 g/mol. The highest BCUT2D eigenvalue weighted by atomic mass is 35.5. The summed E-state index contributed by atoms with van der Waals surface area (Å²) in [5, 5.41) is 6.53. The minimum atomic E-state index is -0.260. The Morgan fingerprint density at radius 1 is 0.800 bits per heavy atom. The predicted octanol–water partition coefficient (Wildman–Crippen LogP) is 7.85. The van der Waals surface area contributed by atoms with Crippen molar-refractivity contribution in [2.45, 2.75) is 32.1 Å². The lowest BCUT2D eigenvalue weighted by atomic mass is 9.99. The van der Waals surface area contributed by atoms with E-state index in [0.717, 1.165) is 27.3 Å². The molecule has 0 saturated heterocycles. The Morgan fingerprint density at radius 3 is 2.05 bits per heavy atom. The number of halogens is 2. The highest BCUT2D eigenvalue weighted by Crippen LogP contribution is 2.22. The number of carbonyl (C=O) groups excluding carboxylic acids is 1. The first-order chi connectivity index (χ1) is 19.5. The standard InChI is InChI=1S/C33H29ClFN3OS/c34-28-15-11-25(12-16-28)20-38(21-26-13-17-29(35)18-14-26)22-32-36-31(23-40-32)33(39)37-30(27-9-5-2-6-10-27)19-24-7-3-1-4-8-24/h1-18,23,30H,19-22H2,(H,37,39). The van der Waals surface area contributed by atoms with E-state index < -0.39 is 0 Å². The molecule has 0 aliphatic carbocycles. The maximum Gasteiger partial charge on any atom is 0.271 e. The van der Waals surface area contributed by atoms with E-state index in [1.54, 1.807) is 12.1 Å². The molecule has 1 atom stereocenters. The second-order valence-electron chi connectivity index (χ2n) is 9.65. The van der Waals surface area contributed by atoms with Crippen molar-refractivity contribution in [3.8, 4) is 0 Å². The second-order valence-corrected chi connectivity index (χ2v) is 11.0. The molecule has 7 heteroatoms. The molecule has 0 saturated carbocycles. The lowest BCUT2D eigenvalue weighted by molar-refractivity contribution is 0.0931. The number of amides is 1. The molecule has 0 aliphatic heterocycles. The zero-order valence-electron chi connectivity index (χ0n) is 21.8. The van der Waals surface area contributed by atoms with E-state index in [4.69, 9.17) is 16.6 Å². The van der Waals surface area contributed by atoms with Gasteiger partial charge in [-0.25, -0.2) is 9.37 Å². The molecule has 4 nitrogen and oxygen atoms in total. The quantitative estimate of drug-likeness (QED) is 0.176. The molecule has 1 heterocycles. The fourth-order valence-electron chi connectivity index (χ4n) is 4.56. The number of nitrogens with one attached hydrogen (secondary N) is 1. The smallest absolute Gasteiger partial charge is 0.271 e. The maximum atomic E-state index is 13.5. The van der Waals surface area contributed by atoms with Crippen LogP contribution in [-0.4, -0.2) is 15.8 Å². The number of thiazole rings is 1. The summed E-state index contributed by atoms with van der Waals surface area (Å²) in [5.74, 6) is -0.459. The first-order valence-corrected chi connectivity index (χ1v) is 14.3. The van der Waals surface area contributed by atoms with Gasteiger partial charge in [0.05, 0.1) is 12.6 Å². The van der Waals surface area contributed by atoms with Gasteiger partial charge in [-0.05, 0) is 52.9 Å². The van der Waals surface area contributed by atoms with Gasteiger partial charge in [-0.2, -0.15) is 0 Å². The highest BCUT2D eigenvalue weighted by Gasteiger charge is 2.19. The van der Waals surface area contributed by atoms with Crippen LogP contribution in [0.2, 0.25) is 5.02 Å². The monoisotopic (exact) mass is 569 g/mol. The minimum absolute atomic E-state index is 0.180. The number of benzene rings is 4. The van der Waals surface area contributed by atoms with Crippen molar-refractivity contribution < 1.29 is 9.18 Å². The summed E-state index contributed by atoms with van der Waals surface area (Å²) >= 11 is 7.54. The molecule has 40 heavy (non-hydrogen) atoms. The molecule has 0 fully saturated rings. The molecule has 0 spiro atoms. The highest BCUT2D eigenvalue weighted by molar-refractivity contribution is 7.09. The zero-order valence-corrected chi connectivity index (χ0v) is 23.4. The van der Waals surface area contributed by atoms with E-state index >= 15 is 0 Å². The minimum Gasteiger partial charge on any atom is -0.344 e. The van der Waals surface area contributed by atoms with Gasteiger partial charge >= 0.3 is 0 Å². The summed E-state index contributed by atoms with van der Waals surface area (Å²) in [6.45, 7) is 1.81. The first-order valence-electron chi connectivity index (χ1n) is 13.1. The van der Waals surface area contributed by atoms with Crippen molar-refractivity contribution in [2.24, 2.45) is 0 Å². The summed E-state index contributed by atoms with van der Waals surface area (Å²) in [6.07, 6.45) is 0.681. The Hall–Kier alpha value is -3.84. The molecule has 1 aromatic heterocycles. The van der Waals surface area contributed by atoms with Crippen molar-refractivity contribution in [3.63, 3.8) is 0 Å². The van der Waals surface area contributed by atoms with Crippen LogP contribution in [0, 0.1) is 5.82 Å². The van der Waals surface area contributed by atoms with E-state index in [0.29, 0.717) is 36.8 Å². The zero-order chi connectivity index (χ0) is 27.7. The first kappa shape index (κ1) is 27.7. The molecule has 4 aromatic carbocycles. The number of carbonyl (C=O) groups is 1. The third kappa shape index (κ3) is 7.85. The molecule has 5 aromatic rings. The molecule has 1 amide bonds. The molecule has 202 valence electrons. The fraction of sp³-hybridized carbons (Fsp3) is 0.152. The van der Waals surface area contributed by atoms with E-state index in [9.17, 15) is 9.18 Å². The van der Waals surface area contributed by atoms with Gasteiger partial charge in [-0.15, -0.1) is 11.3 Å². The number of nitrogens with zero attached hydrogens (tertiary/aromatic N) is 2. The Morgan fingerprint density at radius 2 is 1.40 bits per heavy atom. The summed E-state index contributed by atoms with van der Waals surface area (Å²) in [6, 6.07) is 34.2. The van der Waals surface area contributed by atoms with Crippen LogP contribution in [0.1, 0.15) is 43.8 Å². The Balaban J connectivity index is 1.30. The Bertz CT molecular complexity index is 1460. The number of aromatic nitrogens is 1. The average molecular weight is 570 g/mol. The summed E-state index contributed by atoms with van der Waals surface area (Å²) < 4.78 is 13.5. The topological polar surface area (TPSA) is 45.2 Å². The molecule has 5 rings (SSSR count). The number of hydrogen-bond acceptors (Lipinski definition) is 4. The molecule has 0 bridgehead atoms. The van der Waals surface area contributed by atoms with Crippen LogP contribution in [0.3, 0.4) is 0 Å². The molecule has 0 radical (unpaired) electrons. The Kier molecular flexibility index (Phi) is 9.34. The molecule has 1 N–H and O–H groups in total. The third-order valence-electron chi connectivity index (χ3n) is 6.57. The molecule has 0 aliphatic rings. The van der Waals surface area contributed by atoms with Gasteiger partial charge < -0.3 is 5.32 Å². The van der Waals surface area contributed by atoms with Crippen LogP contribution in [0.25, 0.3) is 0 Å². The van der Waals surface area contributed by atoms with E-state index in [-0.39, 0.29) is 17.8 Å². The van der Waals surface area contributed by atoms with Crippen molar-refractivity contribution >= 4 is 28.8 Å². The summed E-state index contributed by atoms with van der Waals surface area (Å²) in [4.78, 5) is 20.3. The number of hydrogen-bond donors (Lipinski definition) is 1. The largest absolute Gasteiger partial charge is 0.344 e. The lowest BCUT2D eigenvalue weighted by Crippen LogP contribution is -2.30. The van der Waals surface area contributed by atoms with Crippen molar-refractivity contribution in [2.75, 3.05) is 0 Å². The third-order valence-corrected chi connectivity index (χ3v) is 7.66. The van der Waals surface area contributed by atoms with Crippen molar-refractivity contribution in [3.05, 3.63) is 158 Å². The van der Waals surface area contributed by atoms with Crippen molar-refractivity contribution in [1.82, 2.24) is 15.2 Å². The Labute approximate surface area is 243 Å². The lowest BCUT2D eigenvalue weighted by Gasteiger charge is -2.22. The van der Waals surface area contributed by atoms with Gasteiger partial charge in [-0.3, -0.25) is 9.69 Å². The normalized spacial score (nSPS) is 11.9. The SMILES string of the molecule is O=C(NC(Cc1ccccc1)c1ccccc1)c1csc(CN(Cc2ccc(F)cc2)Cc2ccc(Cl)cc2)n1. The van der Waals surface area contributed by atoms with Gasteiger partial charge in [0.25, 0.3) is 5.91 Å². The molecular formula is C33H29ClFN3OS. The van der Waals surface area contributed by atoms with Crippen LogP contribution < -0.4 is 5.32 Å². The average Bonchev–Trinajstić information content (AvgIpc) is 3.45. The maximum absolute atomic E-state index is 13.5. The summed E-state index contributed by atoms with van der Waals surface area (Å²) in [5.41, 5.74) is 4.70. The van der Waals surface area contributed by atoms with E-state index in [2.05, 4.69) is 22.3 Å². The predicted molar refractivity (Wildman–Crippen MR) is 160 cm³/mol. The van der Waals surface area contributed by atoms with Gasteiger partial charge in [0, 0.05) is 23.5 Å². The van der Waals surface area contributed by atoms with Crippen LogP contribution in [0.15, 0.2) is 115 Å².